The Kier molecular flexibility index (Phi) is 5.20. The molecule has 1 aliphatic carbocycles. The van der Waals surface area contributed by atoms with Crippen molar-refractivity contribution in [1.82, 2.24) is 5.32 Å². The number of thiophene rings is 1. The van der Waals surface area contributed by atoms with Crippen LogP contribution in [0.2, 0.25) is 0 Å². The molecule has 0 saturated heterocycles. The molecule has 2 unspecified atom stereocenters. The van der Waals surface area contributed by atoms with Gasteiger partial charge in [-0.15, -0.1) is 0 Å². The molecule has 1 aromatic rings. The lowest BCUT2D eigenvalue weighted by Crippen LogP contribution is -2.36. The Hall–Kier alpha value is -0.870. The summed E-state index contributed by atoms with van der Waals surface area (Å²) < 4.78 is 5.12. The minimum absolute atomic E-state index is 0.0143. The van der Waals surface area contributed by atoms with Crippen molar-refractivity contribution in [2.75, 3.05) is 6.61 Å². The molecule has 100 valence electrons. The van der Waals surface area contributed by atoms with Crippen LogP contribution in [0, 0.1) is 5.92 Å². The van der Waals surface area contributed by atoms with Gasteiger partial charge in [0.15, 0.2) is 0 Å². The van der Waals surface area contributed by atoms with Crippen molar-refractivity contribution in [1.29, 1.82) is 0 Å². The molecule has 0 bridgehead atoms. The van der Waals surface area contributed by atoms with Crippen LogP contribution in [0.15, 0.2) is 16.8 Å². The summed E-state index contributed by atoms with van der Waals surface area (Å²) in [6.07, 6.45) is 4.18. The molecule has 1 aliphatic rings. The molecule has 1 saturated carbocycles. The first kappa shape index (κ1) is 13.6. The van der Waals surface area contributed by atoms with Gasteiger partial charge in [0.1, 0.15) is 0 Å². The van der Waals surface area contributed by atoms with Gasteiger partial charge >= 0.3 is 5.97 Å². The zero-order valence-corrected chi connectivity index (χ0v) is 11.7. The molecule has 0 spiro atoms. The summed E-state index contributed by atoms with van der Waals surface area (Å²) in [6, 6.07) is 2.59. The fourth-order valence-corrected chi connectivity index (χ4v) is 3.17. The lowest BCUT2D eigenvalue weighted by atomic mass is 9.85. The van der Waals surface area contributed by atoms with Crippen molar-refractivity contribution in [2.45, 2.75) is 45.2 Å². The second-order valence-corrected chi connectivity index (χ2v) is 5.61. The number of ether oxygens (including phenoxy) is 1. The van der Waals surface area contributed by atoms with Crippen molar-refractivity contribution < 1.29 is 9.53 Å². The van der Waals surface area contributed by atoms with E-state index in [-0.39, 0.29) is 11.9 Å². The van der Waals surface area contributed by atoms with Crippen LogP contribution >= 0.6 is 11.3 Å². The molecule has 1 heterocycles. The van der Waals surface area contributed by atoms with Gasteiger partial charge in [0.2, 0.25) is 0 Å². The van der Waals surface area contributed by atoms with Gasteiger partial charge in [0, 0.05) is 12.6 Å². The van der Waals surface area contributed by atoms with Gasteiger partial charge in [-0.3, -0.25) is 4.79 Å². The van der Waals surface area contributed by atoms with E-state index in [4.69, 9.17) is 4.74 Å². The Balaban J connectivity index is 1.77. The van der Waals surface area contributed by atoms with E-state index in [1.807, 2.05) is 6.92 Å². The molecule has 0 aliphatic heterocycles. The molecule has 3 nitrogen and oxygen atoms in total. The number of rotatable bonds is 5. The summed E-state index contributed by atoms with van der Waals surface area (Å²) in [5, 5.41) is 7.81. The van der Waals surface area contributed by atoms with Crippen molar-refractivity contribution in [3.63, 3.8) is 0 Å². The number of carbonyl (C=O) groups excluding carboxylic acids is 1. The highest BCUT2D eigenvalue weighted by molar-refractivity contribution is 7.07. The largest absolute Gasteiger partial charge is 0.466 e. The SMILES string of the molecule is CCOC(=O)C1CCCC(NCc2ccsc2)C1. The van der Waals surface area contributed by atoms with Gasteiger partial charge in [-0.2, -0.15) is 11.3 Å². The van der Waals surface area contributed by atoms with E-state index in [1.54, 1.807) is 11.3 Å². The van der Waals surface area contributed by atoms with E-state index in [1.165, 1.54) is 12.0 Å². The minimum atomic E-state index is -0.0143. The number of carbonyl (C=O) groups is 1. The molecule has 0 radical (unpaired) electrons. The van der Waals surface area contributed by atoms with Gasteiger partial charge in [-0.25, -0.2) is 0 Å². The average Bonchev–Trinajstić information content (AvgIpc) is 2.90. The number of esters is 1. The first-order valence-corrected chi connectivity index (χ1v) is 7.65. The van der Waals surface area contributed by atoms with Gasteiger partial charge in [0.05, 0.1) is 12.5 Å². The molecule has 1 aromatic heterocycles. The van der Waals surface area contributed by atoms with Crippen LogP contribution in [0.1, 0.15) is 38.2 Å². The predicted molar refractivity (Wildman–Crippen MR) is 73.5 cm³/mol. The van der Waals surface area contributed by atoms with Crippen LogP contribution in [0.3, 0.4) is 0 Å². The second kappa shape index (κ2) is 6.90. The van der Waals surface area contributed by atoms with Crippen molar-refractivity contribution >= 4 is 17.3 Å². The van der Waals surface area contributed by atoms with Crippen LogP contribution in [0.5, 0.6) is 0 Å². The lowest BCUT2D eigenvalue weighted by molar-refractivity contribution is -0.149. The number of hydrogen-bond donors (Lipinski definition) is 1. The first-order chi connectivity index (χ1) is 8.79. The molecule has 2 rings (SSSR count). The van der Waals surface area contributed by atoms with Gasteiger partial charge in [0.25, 0.3) is 0 Å². The van der Waals surface area contributed by atoms with Gasteiger partial charge in [-0.05, 0) is 48.6 Å². The molecule has 4 heteroatoms. The third-order valence-corrected chi connectivity index (χ3v) is 4.20. The van der Waals surface area contributed by atoms with E-state index < -0.39 is 0 Å². The molecule has 2 atom stereocenters. The van der Waals surface area contributed by atoms with E-state index in [9.17, 15) is 4.79 Å². The van der Waals surface area contributed by atoms with E-state index in [2.05, 4.69) is 22.1 Å². The van der Waals surface area contributed by atoms with Crippen LogP contribution in [0.25, 0.3) is 0 Å². The summed E-state index contributed by atoms with van der Waals surface area (Å²) in [4.78, 5) is 11.7. The molecule has 18 heavy (non-hydrogen) atoms. The van der Waals surface area contributed by atoms with Crippen LogP contribution in [-0.4, -0.2) is 18.6 Å². The summed E-state index contributed by atoms with van der Waals surface area (Å²) in [7, 11) is 0. The smallest absolute Gasteiger partial charge is 0.308 e. The maximum absolute atomic E-state index is 11.7. The van der Waals surface area contributed by atoms with Crippen LogP contribution < -0.4 is 5.32 Å². The molecular formula is C14H21NO2S. The topological polar surface area (TPSA) is 38.3 Å². The summed E-state index contributed by atoms with van der Waals surface area (Å²) >= 11 is 1.72. The Labute approximate surface area is 113 Å². The van der Waals surface area contributed by atoms with Crippen molar-refractivity contribution in [2.24, 2.45) is 5.92 Å². The quantitative estimate of drug-likeness (QED) is 0.834. The zero-order valence-electron chi connectivity index (χ0n) is 10.9. The maximum Gasteiger partial charge on any atom is 0.308 e. The Morgan fingerprint density at radius 3 is 3.17 bits per heavy atom. The lowest BCUT2D eigenvalue weighted by Gasteiger charge is -2.28. The number of nitrogens with one attached hydrogen (secondary N) is 1. The monoisotopic (exact) mass is 267 g/mol. The standard InChI is InChI=1S/C14H21NO2S/c1-2-17-14(16)12-4-3-5-13(8-12)15-9-11-6-7-18-10-11/h6-7,10,12-13,15H,2-5,8-9H2,1H3. The summed E-state index contributed by atoms with van der Waals surface area (Å²) in [5.41, 5.74) is 1.33. The zero-order chi connectivity index (χ0) is 12.8. The second-order valence-electron chi connectivity index (χ2n) is 4.83. The fourth-order valence-electron chi connectivity index (χ4n) is 2.50. The van der Waals surface area contributed by atoms with Crippen LogP contribution in [-0.2, 0) is 16.1 Å². The van der Waals surface area contributed by atoms with E-state index >= 15 is 0 Å². The normalized spacial score (nSPS) is 23.8. The highest BCUT2D eigenvalue weighted by Crippen LogP contribution is 2.25. The predicted octanol–water partition coefficient (Wildman–Crippen LogP) is 2.96. The van der Waals surface area contributed by atoms with Gasteiger partial charge < -0.3 is 10.1 Å². The maximum atomic E-state index is 11.7. The highest BCUT2D eigenvalue weighted by Gasteiger charge is 2.27. The molecule has 1 fully saturated rings. The summed E-state index contributed by atoms with van der Waals surface area (Å²) in [6.45, 7) is 3.26. The number of hydrogen-bond acceptors (Lipinski definition) is 4. The first-order valence-electron chi connectivity index (χ1n) is 6.70. The van der Waals surface area contributed by atoms with E-state index in [0.717, 1.165) is 25.8 Å². The Morgan fingerprint density at radius 2 is 2.44 bits per heavy atom. The van der Waals surface area contributed by atoms with Crippen molar-refractivity contribution in [3.8, 4) is 0 Å². The fraction of sp³-hybridized carbons (Fsp3) is 0.643. The highest BCUT2D eigenvalue weighted by atomic mass is 32.1. The molecular weight excluding hydrogens is 246 g/mol. The van der Waals surface area contributed by atoms with E-state index in [0.29, 0.717) is 12.6 Å². The minimum Gasteiger partial charge on any atom is -0.466 e. The third-order valence-electron chi connectivity index (χ3n) is 3.47. The van der Waals surface area contributed by atoms with Crippen molar-refractivity contribution in [3.05, 3.63) is 22.4 Å². The molecule has 1 N–H and O–H groups in total. The van der Waals surface area contributed by atoms with Gasteiger partial charge in [-0.1, -0.05) is 6.42 Å². The Morgan fingerprint density at radius 1 is 1.56 bits per heavy atom. The van der Waals surface area contributed by atoms with Crippen LogP contribution in [0.4, 0.5) is 0 Å². The summed E-state index contributed by atoms with van der Waals surface area (Å²) in [5.74, 6) is 0.0817. The Bertz CT molecular complexity index is 364. The third kappa shape index (κ3) is 3.82. The molecule has 0 aromatic carbocycles. The average molecular weight is 267 g/mol. The molecule has 0 amide bonds.